The van der Waals surface area contributed by atoms with E-state index in [1.54, 1.807) is 0 Å². The number of rotatable bonds is 4. The first-order valence-corrected chi connectivity index (χ1v) is 15.0. The second-order valence-electron chi connectivity index (χ2n) is 8.82. The van der Waals surface area contributed by atoms with Gasteiger partial charge in [0.2, 0.25) is 0 Å². The SMILES string of the molecule is O=P1(O)Oc2c(-c3ccccc3)c(-c3ccccc3)c(c(-c3ccccc3)c2-c2ccccc2)OP(=O)(O)O1. The van der Waals surface area contributed by atoms with Crippen molar-refractivity contribution in [1.82, 2.24) is 0 Å². The molecular weight excluding hydrogens is 534 g/mol. The molecule has 2 heterocycles. The third-order valence-corrected chi connectivity index (χ3v) is 8.76. The van der Waals surface area contributed by atoms with Gasteiger partial charge in [-0.1, -0.05) is 121 Å². The van der Waals surface area contributed by atoms with E-state index in [1.165, 1.54) is 0 Å². The molecule has 7 rings (SSSR count). The highest BCUT2D eigenvalue weighted by molar-refractivity contribution is 7.61. The van der Waals surface area contributed by atoms with Crippen LogP contribution in [0.25, 0.3) is 44.5 Å². The van der Waals surface area contributed by atoms with Gasteiger partial charge in [-0.3, -0.25) is 9.79 Å². The van der Waals surface area contributed by atoms with E-state index in [2.05, 4.69) is 0 Å². The number of phosphoric acid groups is 2. The molecule has 2 atom stereocenters. The van der Waals surface area contributed by atoms with E-state index in [0.717, 1.165) is 0 Å². The third kappa shape index (κ3) is 4.95. The topological polar surface area (TPSA) is 102 Å². The Kier molecular flexibility index (Phi) is 6.48. The summed E-state index contributed by atoms with van der Waals surface area (Å²) >= 11 is 0. The van der Waals surface area contributed by atoms with E-state index in [0.29, 0.717) is 44.5 Å². The minimum Gasteiger partial charge on any atom is -0.402 e. The average Bonchev–Trinajstić information content (AvgIpc) is 2.99. The molecule has 0 amide bonds. The van der Waals surface area contributed by atoms with Crippen molar-refractivity contribution in [3.05, 3.63) is 121 Å². The van der Waals surface area contributed by atoms with Gasteiger partial charge in [-0.05, 0) is 22.3 Å². The lowest BCUT2D eigenvalue weighted by Crippen LogP contribution is -2.01. The summed E-state index contributed by atoms with van der Waals surface area (Å²) in [6, 6.07) is 36.6. The molecule has 5 aromatic carbocycles. The lowest BCUT2D eigenvalue weighted by molar-refractivity contribution is 0.237. The number of phosphoric ester groups is 2. The molecule has 2 unspecified atom stereocenters. The van der Waals surface area contributed by atoms with Crippen LogP contribution in [0.1, 0.15) is 0 Å². The third-order valence-electron chi connectivity index (χ3n) is 6.28. The summed E-state index contributed by atoms with van der Waals surface area (Å²) in [4.78, 5) is 21.5. The summed E-state index contributed by atoms with van der Waals surface area (Å²) in [6.07, 6.45) is 0. The molecule has 0 fully saturated rings. The Morgan fingerprint density at radius 1 is 0.410 bits per heavy atom. The molecule has 9 heteroatoms. The Balaban J connectivity index is 1.91. The van der Waals surface area contributed by atoms with Crippen LogP contribution >= 0.6 is 15.6 Å². The van der Waals surface area contributed by atoms with Crippen LogP contribution in [0.4, 0.5) is 0 Å². The van der Waals surface area contributed by atoms with E-state index >= 15 is 0 Å². The molecule has 39 heavy (non-hydrogen) atoms. The van der Waals surface area contributed by atoms with Crippen molar-refractivity contribution < 1.29 is 32.3 Å². The summed E-state index contributed by atoms with van der Waals surface area (Å²) in [5.74, 6) is 0.0374. The molecule has 2 aliphatic rings. The summed E-state index contributed by atoms with van der Waals surface area (Å²) in [7, 11) is -10.3. The lowest BCUT2D eigenvalue weighted by atomic mass is 9.83. The number of fused-ring (bicyclic) bond motifs is 6. The van der Waals surface area contributed by atoms with Crippen molar-refractivity contribution in [2.45, 2.75) is 0 Å². The van der Waals surface area contributed by atoms with Gasteiger partial charge in [0.15, 0.2) is 0 Å². The van der Waals surface area contributed by atoms with Gasteiger partial charge in [-0.25, -0.2) is 9.13 Å². The number of hydrogen-bond acceptors (Lipinski definition) is 5. The van der Waals surface area contributed by atoms with Gasteiger partial charge >= 0.3 is 15.6 Å². The zero-order chi connectivity index (χ0) is 27.0. The summed E-state index contributed by atoms with van der Waals surface area (Å²) in [6.45, 7) is 0. The predicted molar refractivity (Wildman–Crippen MR) is 150 cm³/mol. The second kappa shape index (κ2) is 9.97. The molecule has 5 aromatic rings. The van der Waals surface area contributed by atoms with Gasteiger partial charge < -0.3 is 9.05 Å². The highest BCUT2D eigenvalue weighted by Gasteiger charge is 2.44. The van der Waals surface area contributed by atoms with Crippen LogP contribution in [-0.4, -0.2) is 9.79 Å². The molecule has 2 aliphatic heterocycles. The van der Waals surface area contributed by atoms with Crippen LogP contribution in [0.15, 0.2) is 121 Å². The molecule has 2 N–H and O–H groups in total. The average molecular weight is 556 g/mol. The highest BCUT2D eigenvalue weighted by Crippen LogP contribution is 2.68. The van der Waals surface area contributed by atoms with Gasteiger partial charge in [0.1, 0.15) is 11.5 Å². The molecule has 2 bridgehead atoms. The van der Waals surface area contributed by atoms with Crippen LogP contribution in [0.2, 0.25) is 0 Å². The normalized spacial score (nSPS) is 20.3. The van der Waals surface area contributed by atoms with E-state index < -0.39 is 15.6 Å². The number of hydrogen-bond donors (Lipinski definition) is 2. The molecule has 0 saturated heterocycles. The first kappa shape index (κ1) is 25.3. The van der Waals surface area contributed by atoms with E-state index in [4.69, 9.17) is 13.4 Å². The Labute approximate surface area is 225 Å². The van der Waals surface area contributed by atoms with Gasteiger partial charge in [-0.2, -0.15) is 4.31 Å². The molecule has 0 aromatic heterocycles. The molecule has 0 saturated carbocycles. The van der Waals surface area contributed by atoms with Gasteiger partial charge in [0, 0.05) is 22.3 Å². The Bertz CT molecular complexity index is 1510. The van der Waals surface area contributed by atoms with Crippen molar-refractivity contribution in [1.29, 1.82) is 0 Å². The van der Waals surface area contributed by atoms with Crippen LogP contribution in [0.3, 0.4) is 0 Å². The smallest absolute Gasteiger partial charge is 0.402 e. The fraction of sp³-hybridized carbons (Fsp3) is 0. The zero-order valence-corrected chi connectivity index (χ0v) is 22.2. The maximum absolute atomic E-state index is 13.2. The molecule has 0 spiro atoms. The predicted octanol–water partition coefficient (Wildman–Crippen LogP) is 8.34. The standard InChI is InChI=1S/C30H22O7P2/c31-38(32)35-29-25(21-13-5-1-6-14-21)26(22-15-7-2-8-16-22)30(36-39(33,34)37-38)28(24-19-11-4-12-20-24)27(29)23-17-9-3-10-18-23/h1-20H,(H,31,32)(H,33,34). The van der Waals surface area contributed by atoms with Gasteiger partial charge in [-0.15, -0.1) is 0 Å². The quantitative estimate of drug-likeness (QED) is 0.215. The van der Waals surface area contributed by atoms with Gasteiger partial charge in [0.25, 0.3) is 0 Å². The van der Waals surface area contributed by atoms with E-state index in [1.807, 2.05) is 121 Å². The Morgan fingerprint density at radius 2 is 0.641 bits per heavy atom. The maximum atomic E-state index is 13.2. The van der Waals surface area contributed by atoms with E-state index in [9.17, 15) is 18.9 Å². The van der Waals surface area contributed by atoms with Crippen molar-refractivity contribution in [2.75, 3.05) is 0 Å². The largest absolute Gasteiger partial charge is 0.537 e. The molecular formula is C30H22O7P2. The highest BCUT2D eigenvalue weighted by atomic mass is 31.3. The molecule has 0 aliphatic carbocycles. The fourth-order valence-corrected chi connectivity index (χ4v) is 6.94. The Hall–Kier alpha value is -3.96. The summed E-state index contributed by atoms with van der Waals surface area (Å²) in [5.41, 5.74) is 4.21. The van der Waals surface area contributed by atoms with Crippen molar-refractivity contribution in [2.24, 2.45) is 0 Å². The first-order chi connectivity index (χ1) is 18.8. The van der Waals surface area contributed by atoms with Crippen LogP contribution in [0, 0.1) is 0 Å². The fourth-order valence-electron chi connectivity index (χ4n) is 4.80. The van der Waals surface area contributed by atoms with Crippen molar-refractivity contribution in [3.8, 4) is 56.0 Å². The van der Waals surface area contributed by atoms with Crippen LogP contribution < -0.4 is 9.05 Å². The number of benzene rings is 5. The van der Waals surface area contributed by atoms with Gasteiger partial charge in [0.05, 0.1) is 0 Å². The lowest BCUT2D eigenvalue weighted by Gasteiger charge is -2.25. The first-order valence-electron chi connectivity index (χ1n) is 12.0. The minimum absolute atomic E-state index is 0.0187. The molecule has 0 radical (unpaired) electrons. The Morgan fingerprint density at radius 3 is 0.872 bits per heavy atom. The summed E-state index contributed by atoms with van der Waals surface area (Å²) in [5, 5.41) is 0. The monoisotopic (exact) mass is 556 g/mol. The van der Waals surface area contributed by atoms with Crippen molar-refractivity contribution in [3.63, 3.8) is 0 Å². The molecule has 7 nitrogen and oxygen atoms in total. The van der Waals surface area contributed by atoms with E-state index in [-0.39, 0.29) is 11.5 Å². The van der Waals surface area contributed by atoms with Crippen molar-refractivity contribution >= 4 is 15.6 Å². The minimum atomic E-state index is -5.16. The second-order valence-corrected chi connectivity index (χ2v) is 11.7. The zero-order valence-electron chi connectivity index (χ0n) is 20.4. The summed E-state index contributed by atoms with van der Waals surface area (Å²) < 4.78 is 42.8. The van der Waals surface area contributed by atoms with Crippen LogP contribution in [-0.2, 0) is 13.4 Å². The maximum Gasteiger partial charge on any atom is 0.537 e. The van der Waals surface area contributed by atoms with Crippen LogP contribution in [0.5, 0.6) is 11.5 Å². The molecule has 194 valence electrons.